The number of carbonyl (C=O) groups excluding carboxylic acids is 1. The Morgan fingerprint density at radius 3 is 2.57 bits per heavy atom. The van der Waals surface area contributed by atoms with Crippen molar-refractivity contribution in [3.05, 3.63) is 95.2 Å². The Labute approximate surface area is 215 Å². The van der Waals surface area contributed by atoms with E-state index in [1.54, 1.807) is 19.2 Å². The minimum absolute atomic E-state index is 0.0430. The maximum Gasteiger partial charge on any atom is 0.256 e. The molecule has 5 nitrogen and oxygen atoms in total. The number of hydrogen-bond acceptors (Lipinski definition) is 3. The maximum absolute atomic E-state index is 14.6. The molecule has 0 unspecified atom stereocenters. The van der Waals surface area contributed by atoms with Crippen LogP contribution in [0.25, 0.3) is 22.0 Å². The van der Waals surface area contributed by atoms with E-state index in [1.807, 2.05) is 46.0 Å². The van der Waals surface area contributed by atoms with Crippen molar-refractivity contribution in [2.75, 3.05) is 26.8 Å². The first kappa shape index (κ1) is 25.1. The first-order chi connectivity index (χ1) is 18.0. The molecule has 0 atom stereocenters. The fourth-order valence-corrected chi connectivity index (χ4v) is 5.38. The van der Waals surface area contributed by atoms with Crippen LogP contribution in [0.15, 0.2) is 66.9 Å². The summed E-state index contributed by atoms with van der Waals surface area (Å²) in [6, 6.07) is 17.3. The number of methoxy groups -OCH3 is 1. The molecule has 1 aromatic heterocycles. The van der Waals surface area contributed by atoms with Gasteiger partial charge in [0.25, 0.3) is 5.91 Å². The second-order valence-corrected chi connectivity index (χ2v) is 9.57. The van der Waals surface area contributed by atoms with Crippen molar-refractivity contribution in [1.29, 1.82) is 0 Å². The molecular weight excluding hydrogens is 472 g/mol. The lowest BCUT2D eigenvalue weighted by Gasteiger charge is -2.32. The zero-order valence-electron chi connectivity index (χ0n) is 20.9. The third-order valence-corrected chi connectivity index (χ3v) is 7.33. The number of hydrogen-bond donors (Lipinski definition) is 1. The molecule has 5 rings (SSSR count). The Balaban J connectivity index is 1.47. The van der Waals surface area contributed by atoms with Crippen molar-refractivity contribution >= 4 is 16.8 Å². The summed E-state index contributed by atoms with van der Waals surface area (Å²) in [5.41, 5.74) is 10.4. The van der Waals surface area contributed by atoms with Crippen molar-refractivity contribution in [2.24, 2.45) is 5.73 Å². The third kappa shape index (κ3) is 5.02. The van der Waals surface area contributed by atoms with Crippen LogP contribution in [0.2, 0.25) is 0 Å². The van der Waals surface area contributed by atoms with Gasteiger partial charge in [-0.05, 0) is 65.3 Å². The van der Waals surface area contributed by atoms with Crippen LogP contribution in [0.1, 0.15) is 40.2 Å². The Morgan fingerprint density at radius 1 is 1.05 bits per heavy atom. The number of piperidine rings is 1. The predicted octanol–water partition coefficient (Wildman–Crippen LogP) is 5.71. The van der Waals surface area contributed by atoms with Gasteiger partial charge in [0.15, 0.2) is 0 Å². The molecule has 0 radical (unpaired) electrons. The van der Waals surface area contributed by atoms with Gasteiger partial charge in [0.1, 0.15) is 11.6 Å². The SMILES string of the molecule is COCCn1cc(C(=O)N2CCC(c3cc(CN)ccc3F)CC2)c2c(-c3cccc(F)c3)cccc21. The van der Waals surface area contributed by atoms with Crippen LogP contribution in [0.3, 0.4) is 0 Å². The van der Waals surface area contributed by atoms with E-state index in [0.717, 1.165) is 27.6 Å². The van der Waals surface area contributed by atoms with E-state index < -0.39 is 0 Å². The van der Waals surface area contributed by atoms with Gasteiger partial charge in [-0.1, -0.05) is 36.4 Å². The van der Waals surface area contributed by atoms with Crippen LogP contribution in [-0.4, -0.2) is 42.2 Å². The summed E-state index contributed by atoms with van der Waals surface area (Å²) >= 11 is 0. The summed E-state index contributed by atoms with van der Waals surface area (Å²) in [7, 11) is 1.64. The Morgan fingerprint density at radius 2 is 1.84 bits per heavy atom. The van der Waals surface area contributed by atoms with E-state index in [0.29, 0.717) is 56.8 Å². The highest BCUT2D eigenvalue weighted by molar-refractivity contribution is 6.12. The lowest BCUT2D eigenvalue weighted by atomic mass is 9.88. The smallest absolute Gasteiger partial charge is 0.256 e. The zero-order chi connectivity index (χ0) is 25.9. The molecule has 2 heterocycles. The molecule has 1 aliphatic rings. The van der Waals surface area contributed by atoms with Gasteiger partial charge in [-0.2, -0.15) is 0 Å². The van der Waals surface area contributed by atoms with Gasteiger partial charge in [-0.25, -0.2) is 8.78 Å². The predicted molar refractivity (Wildman–Crippen MR) is 141 cm³/mol. The summed E-state index contributed by atoms with van der Waals surface area (Å²) in [6.07, 6.45) is 3.23. The molecule has 37 heavy (non-hydrogen) atoms. The number of nitrogens with zero attached hydrogens (tertiary/aromatic N) is 2. The summed E-state index contributed by atoms with van der Waals surface area (Å²) in [5, 5.41) is 0.804. The number of likely N-dealkylation sites (tertiary alicyclic amines) is 1. The first-order valence-electron chi connectivity index (χ1n) is 12.6. The summed E-state index contributed by atoms with van der Waals surface area (Å²) in [6.45, 7) is 2.52. The van der Waals surface area contributed by atoms with E-state index in [9.17, 15) is 13.6 Å². The summed E-state index contributed by atoms with van der Waals surface area (Å²) < 4.78 is 36.0. The molecule has 1 amide bonds. The van der Waals surface area contributed by atoms with E-state index in [-0.39, 0.29) is 23.5 Å². The Kier molecular flexibility index (Phi) is 7.35. The molecule has 192 valence electrons. The molecule has 1 fully saturated rings. The van der Waals surface area contributed by atoms with Gasteiger partial charge in [0, 0.05) is 50.4 Å². The highest BCUT2D eigenvalue weighted by atomic mass is 19.1. The molecule has 3 aromatic carbocycles. The van der Waals surface area contributed by atoms with Crippen molar-refractivity contribution < 1.29 is 18.3 Å². The Bertz CT molecular complexity index is 1420. The van der Waals surface area contributed by atoms with Gasteiger partial charge in [0.2, 0.25) is 0 Å². The maximum atomic E-state index is 14.6. The van der Waals surface area contributed by atoms with E-state index in [1.165, 1.54) is 18.2 Å². The molecule has 2 N–H and O–H groups in total. The molecular formula is C30H31F2N3O2. The molecule has 1 aliphatic heterocycles. The largest absolute Gasteiger partial charge is 0.383 e. The lowest BCUT2D eigenvalue weighted by molar-refractivity contribution is 0.0714. The molecule has 0 spiro atoms. The topological polar surface area (TPSA) is 60.5 Å². The molecule has 4 aromatic rings. The number of ether oxygens (including phenoxy) is 1. The lowest BCUT2D eigenvalue weighted by Crippen LogP contribution is -2.38. The van der Waals surface area contributed by atoms with Gasteiger partial charge in [-0.3, -0.25) is 4.79 Å². The van der Waals surface area contributed by atoms with Crippen molar-refractivity contribution in [2.45, 2.75) is 31.8 Å². The molecule has 0 saturated carbocycles. The standard InChI is InChI=1S/C30H31F2N3O2/c1-37-15-14-35-19-26(29-24(6-3-7-28(29)35)22-4-2-5-23(31)17-22)30(36)34-12-10-21(11-13-34)25-16-20(18-33)8-9-27(25)32/h2-9,16-17,19,21H,10-15,18,33H2,1H3. The van der Waals surface area contributed by atoms with Crippen LogP contribution >= 0.6 is 0 Å². The highest BCUT2D eigenvalue weighted by Gasteiger charge is 2.29. The summed E-state index contributed by atoms with van der Waals surface area (Å²) in [4.78, 5) is 15.7. The first-order valence-corrected chi connectivity index (χ1v) is 12.6. The van der Waals surface area contributed by atoms with E-state index in [2.05, 4.69) is 0 Å². The fourth-order valence-electron chi connectivity index (χ4n) is 5.38. The number of carbonyl (C=O) groups is 1. The van der Waals surface area contributed by atoms with Gasteiger partial charge in [0.05, 0.1) is 12.2 Å². The number of nitrogens with two attached hydrogens (primary N) is 1. The number of fused-ring (bicyclic) bond motifs is 1. The zero-order valence-corrected chi connectivity index (χ0v) is 20.9. The van der Waals surface area contributed by atoms with Gasteiger partial charge < -0.3 is 19.9 Å². The third-order valence-electron chi connectivity index (χ3n) is 7.33. The van der Waals surface area contributed by atoms with Crippen LogP contribution in [0.5, 0.6) is 0 Å². The summed E-state index contributed by atoms with van der Waals surface area (Å²) in [5.74, 6) is -0.571. The van der Waals surface area contributed by atoms with E-state index in [4.69, 9.17) is 10.5 Å². The van der Waals surface area contributed by atoms with E-state index >= 15 is 0 Å². The number of aromatic nitrogens is 1. The number of halogens is 2. The molecule has 7 heteroatoms. The number of amides is 1. The average molecular weight is 504 g/mol. The molecule has 0 aliphatic carbocycles. The molecule has 1 saturated heterocycles. The van der Waals surface area contributed by atoms with Crippen molar-refractivity contribution in [1.82, 2.24) is 9.47 Å². The minimum atomic E-state index is -0.325. The fraction of sp³-hybridized carbons (Fsp3) is 0.300. The molecule has 0 bridgehead atoms. The highest BCUT2D eigenvalue weighted by Crippen LogP contribution is 2.36. The average Bonchev–Trinajstić information content (AvgIpc) is 3.30. The second kappa shape index (κ2) is 10.8. The quantitative estimate of drug-likeness (QED) is 0.351. The number of rotatable bonds is 7. The second-order valence-electron chi connectivity index (χ2n) is 9.57. The van der Waals surface area contributed by atoms with Crippen LogP contribution < -0.4 is 5.73 Å². The van der Waals surface area contributed by atoms with Crippen molar-refractivity contribution in [3.63, 3.8) is 0 Å². The van der Waals surface area contributed by atoms with Crippen molar-refractivity contribution in [3.8, 4) is 11.1 Å². The van der Waals surface area contributed by atoms with Crippen LogP contribution in [-0.2, 0) is 17.8 Å². The normalized spacial score (nSPS) is 14.4. The van der Waals surface area contributed by atoms with Gasteiger partial charge >= 0.3 is 0 Å². The number of benzene rings is 3. The Hall–Kier alpha value is -3.55. The van der Waals surface area contributed by atoms with Crippen LogP contribution in [0.4, 0.5) is 8.78 Å². The van der Waals surface area contributed by atoms with Crippen LogP contribution in [0, 0.1) is 11.6 Å². The van der Waals surface area contributed by atoms with Gasteiger partial charge in [-0.15, -0.1) is 0 Å². The minimum Gasteiger partial charge on any atom is -0.383 e. The monoisotopic (exact) mass is 503 g/mol.